The number of aliphatic hydroxyl groups excluding tert-OH is 3. The van der Waals surface area contributed by atoms with Gasteiger partial charge < -0.3 is 30.1 Å². The Morgan fingerprint density at radius 3 is 2.72 bits per heavy atom. The van der Waals surface area contributed by atoms with Crippen LogP contribution < -0.4 is 10.0 Å². The van der Waals surface area contributed by atoms with Gasteiger partial charge in [0.25, 0.3) is 0 Å². The fraction of sp³-hybridized carbons (Fsp3) is 0.692. The predicted octanol–water partition coefficient (Wildman–Crippen LogP) is -2.71. The van der Waals surface area contributed by atoms with Gasteiger partial charge >= 0.3 is 0 Å². The molecule has 12 heteroatoms. The summed E-state index contributed by atoms with van der Waals surface area (Å²) in [7, 11) is 0. The summed E-state index contributed by atoms with van der Waals surface area (Å²) in [5.74, 6) is -0.708. The summed E-state index contributed by atoms with van der Waals surface area (Å²) in [6.07, 6.45) is -2.82. The highest BCUT2D eigenvalue weighted by molar-refractivity contribution is 7.78. The van der Waals surface area contributed by atoms with Crippen molar-refractivity contribution in [3.8, 4) is 0 Å². The van der Waals surface area contributed by atoms with Crippen LogP contribution in [0.1, 0.15) is 25.3 Å². The molecule has 11 nitrogen and oxygen atoms in total. The molecule has 5 atom stereocenters. The maximum Gasteiger partial charge on any atom is 0.230 e. The zero-order chi connectivity index (χ0) is 18.6. The molecule has 0 spiro atoms. The average molecular weight is 375 g/mol. The van der Waals surface area contributed by atoms with Gasteiger partial charge in [-0.05, 0) is 0 Å². The van der Waals surface area contributed by atoms with E-state index in [4.69, 9.17) is 4.74 Å². The smallest absolute Gasteiger partial charge is 0.230 e. The molecular weight excluding hydrogens is 354 g/mol. The van der Waals surface area contributed by atoms with Crippen LogP contribution in [0.4, 0.5) is 0 Å². The minimum absolute atomic E-state index is 0.156. The van der Waals surface area contributed by atoms with Crippen LogP contribution in [0.5, 0.6) is 0 Å². The second-order valence-corrected chi connectivity index (χ2v) is 5.90. The van der Waals surface area contributed by atoms with E-state index in [1.165, 1.54) is 17.8 Å². The molecule has 1 saturated heterocycles. The van der Waals surface area contributed by atoms with Crippen molar-refractivity contribution >= 4 is 24.6 Å². The molecule has 5 N–H and O–H groups in total. The summed E-state index contributed by atoms with van der Waals surface area (Å²) >= 11 is 3.66. The number of nitrogens with one attached hydrogen (secondary N) is 2. The molecule has 1 aliphatic heterocycles. The second-order valence-electron chi connectivity index (χ2n) is 5.68. The van der Waals surface area contributed by atoms with E-state index in [1.807, 2.05) is 0 Å². The Hall–Kier alpha value is -1.73. The Labute approximate surface area is 148 Å². The van der Waals surface area contributed by atoms with Crippen molar-refractivity contribution in [3.63, 3.8) is 0 Å². The standard InChI is InChI=1S/C13H21N5O6S/c1-6(20)14-10-12(23)11(22)8(5-19)24-13(10)18-4-7(15-17-18)2-3-9(21)16-25/h4,8,10-13,19,22-23,25H,2-3,5H2,1H3,(H,14,20)(H,16,21). The largest absolute Gasteiger partial charge is 0.394 e. The van der Waals surface area contributed by atoms with Gasteiger partial charge in [0.1, 0.15) is 24.4 Å². The first kappa shape index (κ1) is 19.6. The van der Waals surface area contributed by atoms with E-state index >= 15 is 0 Å². The van der Waals surface area contributed by atoms with Crippen LogP contribution in [0, 0.1) is 0 Å². The maximum absolute atomic E-state index is 11.4. The lowest BCUT2D eigenvalue weighted by Gasteiger charge is -2.42. The van der Waals surface area contributed by atoms with E-state index in [0.29, 0.717) is 12.1 Å². The fourth-order valence-corrected chi connectivity index (χ4v) is 2.68. The minimum atomic E-state index is -1.37. The summed E-state index contributed by atoms with van der Waals surface area (Å²) in [6.45, 7) is 0.738. The van der Waals surface area contributed by atoms with Crippen LogP contribution >= 0.6 is 12.8 Å². The van der Waals surface area contributed by atoms with E-state index in [0.717, 1.165) is 0 Å². The van der Waals surface area contributed by atoms with Gasteiger partial charge in [-0.25, -0.2) is 4.68 Å². The Morgan fingerprint density at radius 2 is 2.12 bits per heavy atom. The van der Waals surface area contributed by atoms with Gasteiger partial charge in [-0.3, -0.25) is 9.59 Å². The Bertz CT molecular complexity index is 613. The molecule has 1 aliphatic rings. The van der Waals surface area contributed by atoms with Crippen LogP contribution in [0.3, 0.4) is 0 Å². The quantitative estimate of drug-likeness (QED) is 0.293. The van der Waals surface area contributed by atoms with Crippen molar-refractivity contribution in [2.75, 3.05) is 6.61 Å². The fourth-order valence-electron chi connectivity index (χ4n) is 2.56. The van der Waals surface area contributed by atoms with Crippen molar-refractivity contribution in [2.24, 2.45) is 0 Å². The molecule has 2 rings (SSSR count). The Kier molecular flexibility index (Phi) is 6.72. The van der Waals surface area contributed by atoms with Crippen LogP contribution in [0.2, 0.25) is 0 Å². The van der Waals surface area contributed by atoms with Gasteiger partial charge in [0.2, 0.25) is 11.8 Å². The van der Waals surface area contributed by atoms with Gasteiger partial charge in [0.15, 0.2) is 6.23 Å². The maximum atomic E-state index is 11.4. The zero-order valence-electron chi connectivity index (χ0n) is 13.4. The number of thiol groups is 1. The number of carbonyl (C=O) groups excluding carboxylic acids is 2. The molecule has 1 aromatic rings. The second kappa shape index (κ2) is 8.58. The van der Waals surface area contributed by atoms with Crippen LogP contribution in [0.15, 0.2) is 6.20 Å². The van der Waals surface area contributed by atoms with Crippen LogP contribution in [0.25, 0.3) is 0 Å². The summed E-state index contributed by atoms with van der Waals surface area (Å²) < 4.78 is 9.04. The average Bonchev–Trinajstić information content (AvgIpc) is 3.05. The van der Waals surface area contributed by atoms with Crippen molar-refractivity contribution in [1.82, 2.24) is 25.0 Å². The monoisotopic (exact) mass is 375 g/mol. The molecule has 0 radical (unpaired) electrons. The molecule has 140 valence electrons. The number of nitrogens with zero attached hydrogens (tertiary/aromatic N) is 3. The molecular formula is C13H21N5O6S. The first-order chi connectivity index (χ1) is 11.9. The lowest BCUT2D eigenvalue weighted by molar-refractivity contribution is -0.219. The molecule has 5 unspecified atom stereocenters. The SMILES string of the molecule is CC(=O)NC1C(O)C(O)C(CO)OC1n1cc(CCC(=O)NS)nn1. The number of rotatable bonds is 6. The number of carbonyl (C=O) groups is 2. The van der Waals surface area contributed by atoms with Gasteiger partial charge in [-0.2, -0.15) is 0 Å². The molecule has 2 heterocycles. The van der Waals surface area contributed by atoms with E-state index < -0.39 is 43.1 Å². The van der Waals surface area contributed by atoms with Crippen LogP contribution in [-0.4, -0.2) is 73.1 Å². The molecule has 0 aromatic carbocycles. The third-order valence-corrected chi connectivity index (χ3v) is 4.07. The first-order valence-electron chi connectivity index (χ1n) is 7.60. The third-order valence-electron chi connectivity index (χ3n) is 3.82. The molecule has 1 fully saturated rings. The lowest BCUT2D eigenvalue weighted by atomic mass is 9.96. The summed E-state index contributed by atoms with van der Waals surface area (Å²) in [6, 6.07) is -0.995. The van der Waals surface area contributed by atoms with Crippen molar-refractivity contribution < 1.29 is 29.6 Å². The summed E-state index contributed by atoms with van der Waals surface area (Å²) in [4.78, 5) is 22.6. The number of aryl methyl sites for hydroxylation is 1. The van der Waals surface area contributed by atoms with Gasteiger partial charge in [0, 0.05) is 19.8 Å². The number of ether oxygens (including phenoxy) is 1. The van der Waals surface area contributed by atoms with Crippen molar-refractivity contribution in [1.29, 1.82) is 0 Å². The van der Waals surface area contributed by atoms with E-state index in [2.05, 4.69) is 33.2 Å². The minimum Gasteiger partial charge on any atom is -0.394 e. The normalized spacial score (nSPS) is 29.2. The molecule has 25 heavy (non-hydrogen) atoms. The number of amides is 2. The predicted molar refractivity (Wildman–Crippen MR) is 86.1 cm³/mol. The van der Waals surface area contributed by atoms with Crippen LogP contribution in [-0.2, 0) is 20.7 Å². The van der Waals surface area contributed by atoms with Gasteiger partial charge in [0.05, 0.1) is 18.5 Å². The third kappa shape index (κ3) is 4.67. The number of aromatic nitrogens is 3. The topological polar surface area (TPSA) is 159 Å². The molecule has 0 aliphatic carbocycles. The molecule has 0 bridgehead atoms. The summed E-state index contributed by atoms with van der Waals surface area (Å²) in [5, 5.41) is 39.9. The highest BCUT2D eigenvalue weighted by Crippen LogP contribution is 2.28. The molecule has 2 amide bonds. The van der Waals surface area contributed by atoms with E-state index in [9.17, 15) is 24.9 Å². The molecule has 1 aromatic heterocycles. The highest BCUT2D eigenvalue weighted by Gasteiger charge is 2.46. The van der Waals surface area contributed by atoms with Crippen molar-refractivity contribution in [3.05, 3.63) is 11.9 Å². The molecule has 0 saturated carbocycles. The lowest BCUT2D eigenvalue weighted by Crippen LogP contribution is -2.62. The summed E-state index contributed by atoms with van der Waals surface area (Å²) in [5.41, 5.74) is 0.489. The van der Waals surface area contributed by atoms with Gasteiger partial charge in [-0.1, -0.05) is 18.0 Å². The number of aliphatic hydroxyl groups is 3. The Morgan fingerprint density at radius 1 is 1.40 bits per heavy atom. The number of hydrogen-bond acceptors (Lipinski definition) is 9. The van der Waals surface area contributed by atoms with E-state index in [-0.39, 0.29) is 12.3 Å². The van der Waals surface area contributed by atoms with Gasteiger partial charge in [-0.15, -0.1) is 5.10 Å². The zero-order valence-corrected chi connectivity index (χ0v) is 14.3. The van der Waals surface area contributed by atoms with E-state index in [1.54, 1.807) is 0 Å². The Balaban J connectivity index is 2.19. The highest BCUT2D eigenvalue weighted by atomic mass is 32.1. The first-order valence-corrected chi connectivity index (χ1v) is 8.05. The van der Waals surface area contributed by atoms with Crippen molar-refractivity contribution in [2.45, 2.75) is 50.3 Å². The number of hydrogen-bond donors (Lipinski definition) is 6.